The van der Waals surface area contributed by atoms with E-state index in [1.807, 2.05) is 56.3 Å². The Morgan fingerprint density at radius 3 is 2.22 bits per heavy atom. The molecule has 190 valence electrons. The average Bonchev–Trinajstić information content (AvgIpc) is 2.88. The van der Waals surface area contributed by atoms with Gasteiger partial charge in [0.1, 0.15) is 11.9 Å². The first-order valence-corrected chi connectivity index (χ1v) is 13.6. The molecule has 0 aromatic heterocycles. The number of hydrogen-bond donors (Lipinski definition) is 1. The van der Waals surface area contributed by atoms with Gasteiger partial charge in [-0.15, -0.1) is 11.8 Å². The van der Waals surface area contributed by atoms with E-state index in [2.05, 4.69) is 5.32 Å². The van der Waals surface area contributed by atoms with Crippen LogP contribution in [0.3, 0.4) is 0 Å². The minimum Gasteiger partial charge on any atom is -0.352 e. The lowest BCUT2D eigenvalue weighted by Gasteiger charge is -2.32. The number of carbonyl (C=O) groups is 2. The summed E-state index contributed by atoms with van der Waals surface area (Å²) in [5.41, 5.74) is 2.81. The second-order valence-corrected chi connectivity index (χ2v) is 10.2. The Morgan fingerprint density at radius 1 is 0.944 bits per heavy atom. The smallest absolute Gasteiger partial charge is 0.243 e. The predicted octanol–water partition coefficient (Wildman–Crippen LogP) is 6.27. The van der Waals surface area contributed by atoms with Gasteiger partial charge >= 0.3 is 0 Å². The van der Waals surface area contributed by atoms with Crippen molar-refractivity contribution in [1.82, 2.24) is 10.2 Å². The summed E-state index contributed by atoms with van der Waals surface area (Å²) in [6.45, 7) is 4.26. The molecule has 36 heavy (non-hydrogen) atoms. The molecule has 0 saturated heterocycles. The molecule has 0 aliphatic heterocycles. The van der Waals surface area contributed by atoms with E-state index in [1.165, 1.54) is 23.9 Å². The summed E-state index contributed by atoms with van der Waals surface area (Å²) in [4.78, 5) is 28.7. The van der Waals surface area contributed by atoms with Crippen molar-refractivity contribution < 1.29 is 14.0 Å². The number of nitrogens with zero attached hydrogens (tertiary/aromatic N) is 1. The van der Waals surface area contributed by atoms with Crippen LogP contribution in [0.15, 0.2) is 78.9 Å². The summed E-state index contributed by atoms with van der Waals surface area (Å²) in [6.07, 6.45) is 1.20. The molecular formula is C29H32ClFN2O2S. The van der Waals surface area contributed by atoms with Crippen LogP contribution in [0.2, 0.25) is 5.02 Å². The molecule has 2 atom stereocenters. The van der Waals surface area contributed by atoms with E-state index in [9.17, 15) is 14.0 Å². The molecule has 0 saturated carbocycles. The van der Waals surface area contributed by atoms with Gasteiger partial charge in [-0.3, -0.25) is 9.59 Å². The fourth-order valence-electron chi connectivity index (χ4n) is 3.70. The summed E-state index contributed by atoms with van der Waals surface area (Å²) < 4.78 is 13.2. The number of halogens is 2. The molecule has 3 aromatic carbocycles. The van der Waals surface area contributed by atoms with Crippen molar-refractivity contribution in [3.63, 3.8) is 0 Å². The number of thioether (sulfide) groups is 1. The number of rotatable bonds is 12. The third-order valence-electron chi connectivity index (χ3n) is 5.95. The molecule has 0 radical (unpaired) electrons. The Labute approximate surface area is 222 Å². The van der Waals surface area contributed by atoms with E-state index in [-0.39, 0.29) is 29.4 Å². The van der Waals surface area contributed by atoms with Gasteiger partial charge in [0.25, 0.3) is 0 Å². The number of amides is 2. The van der Waals surface area contributed by atoms with E-state index in [4.69, 9.17) is 11.6 Å². The molecule has 0 aliphatic rings. The minimum atomic E-state index is -0.670. The molecule has 7 heteroatoms. The van der Waals surface area contributed by atoms with Crippen LogP contribution in [0.5, 0.6) is 0 Å². The molecule has 2 amide bonds. The average molecular weight is 527 g/mol. The zero-order valence-corrected chi connectivity index (χ0v) is 22.2. The van der Waals surface area contributed by atoms with Crippen molar-refractivity contribution in [2.75, 3.05) is 5.75 Å². The summed E-state index contributed by atoms with van der Waals surface area (Å²) in [7, 11) is 0. The van der Waals surface area contributed by atoms with E-state index in [0.29, 0.717) is 23.7 Å². The molecule has 0 fully saturated rings. The maximum Gasteiger partial charge on any atom is 0.243 e. The van der Waals surface area contributed by atoms with Gasteiger partial charge in [0, 0.05) is 29.8 Å². The Kier molecular flexibility index (Phi) is 10.8. The van der Waals surface area contributed by atoms with Crippen LogP contribution in [0.1, 0.15) is 37.0 Å². The van der Waals surface area contributed by atoms with Gasteiger partial charge in [-0.1, -0.05) is 73.1 Å². The molecule has 0 aliphatic carbocycles. The van der Waals surface area contributed by atoms with Crippen LogP contribution < -0.4 is 5.32 Å². The normalized spacial score (nSPS) is 12.6. The van der Waals surface area contributed by atoms with Crippen molar-refractivity contribution in [3.8, 4) is 0 Å². The van der Waals surface area contributed by atoms with Gasteiger partial charge in [-0.05, 0) is 54.3 Å². The fourth-order valence-corrected chi connectivity index (χ4v) is 4.70. The zero-order valence-electron chi connectivity index (χ0n) is 20.6. The van der Waals surface area contributed by atoms with Crippen molar-refractivity contribution in [2.45, 2.75) is 51.1 Å². The molecule has 0 spiro atoms. The number of nitrogens with one attached hydrogen (secondary N) is 1. The monoisotopic (exact) mass is 526 g/mol. The lowest BCUT2D eigenvalue weighted by Crippen LogP contribution is -2.52. The van der Waals surface area contributed by atoms with E-state index in [0.717, 1.165) is 23.1 Å². The Morgan fingerprint density at radius 2 is 1.58 bits per heavy atom. The van der Waals surface area contributed by atoms with E-state index in [1.54, 1.807) is 29.2 Å². The summed E-state index contributed by atoms with van der Waals surface area (Å²) >= 11 is 7.52. The van der Waals surface area contributed by atoms with Crippen molar-refractivity contribution in [1.29, 1.82) is 0 Å². The first-order chi connectivity index (χ1) is 17.4. The lowest BCUT2D eigenvalue weighted by atomic mass is 10.0. The molecule has 0 bridgehead atoms. The topological polar surface area (TPSA) is 49.4 Å². The van der Waals surface area contributed by atoms with Gasteiger partial charge in [-0.25, -0.2) is 4.39 Å². The highest BCUT2D eigenvalue weighted by atomic mass is 35.5. The third kappa shape index (κ3) is 8.68. The first kappa shape index (κ1) is 27.8. The molecule has 3 aromatic rings. The molecule has 2 unspecified atom stereocenters. The van der Waals surface area contributed by atoms with Crippen LogP contribution in [-0.4, -0.2) is 34.6 Å². The summed E-state index contributed by atoms with van der Waals surface area (Å²) in [5.74, 6) is 0.192. The van der Waals surface area contributed by atoms with Crippen LogP contribution in [0, 0.1) is 5.82 Å². The van der Waals surface area contributed by atoms with Crippen LogP contribution in [-0.2, 0) is 28.3 Å². The second kappa shape index (κ2) is 14.0. The number of hydrogen-bond acceptors (Lipinski definition) is 3. The number of benzene rings is 3. The SMILES string of the molecule is CCC(C)NC(=O)C(Cc1ccccc1)N(Cc1ccc(Cl)cc1)C(=O)CSCc1ccc(F)cc1. The highest BCUT2D eigenvalue weighted by molar-refractivity contribution is 7.99. The third-order valence-corrected chi connectivity index (χ3v) is 7.19. The van der Waals surface area contributed by atoms with E-state index < -0.39 is 6.04 Å². The highest BCUT2D eigenvalue weighted by Gasteiger charge is 2.30. The van der Waals surface area contributed by atoms with Crippen LogP contribution >= 0.6 is 23.4 Å². The molecule has 0 heterocycles. The first-order valence-electron chi connectivity index (χ1n) is 12.1. The van der Waals surface area contributed by atoms with Crippen LogP contribution in [0.25, 0.3) is 0 Å². The predicted molar refractivity (Wildman–Crippen MR) is 146 cm³/mol. The lowest BCUT2D eigenvalue weighted by molar-refractivity contribution is -0.139. The van der Waals surface area contributed by atoms with Crippen LogP contribution in [0.4, 0.5) is 4.39 Å². The molecule has 4 nitrogen and oxygen atoms in total. The van der Waals surface area contributed by atoms with Crippen molar-refractivity contribution in [2.24, 2.45) is 0 Å². The van der Waals surface area contributed by atoms with Crippen molar-refractivity contribution in [3.05, 3.63) is 106 Å². The maximum atomic E-state index is 13.6. The quantitative estimate of drug-likeness (QED) is 0.303. The molecule has 3 rings (SSSR count). The maximum absolute atomic E-state index is 13.6. The Hall–Kier alpha value is -2.83. The fraction of sp³-hybridized carbons (Fsp3) is 0.310. The zero-order chi connectivity index (χ0) is 25.9. The largest absolute Gasteiger partial charge is 0.352 e. The Bertz CT molecular complexity index is 1110. The second-order valence-electron chi connectivity index (χ2n) is 8.79. The highest BCUT2D eigenvalue weighted by Crippen LogP contribution is 2.20. The van der Waals surface area contributed by atoms with Gasteiger partial charge < -0.3 is 10.2 Å². The van der Waals surface area contributed by atoms with Gasteiger partial charge in [0.15, 0.2) is 0 Å². The minimum absolute atomic E-state index is 0.00360. The standard InChI is InChI=1S/C29H32ClFN2O2S/c1-3-21(2)32-29(35)27(17-22-7-5-4-6-8-22)33(18-23-9-13-25(30)14-10-23)28(34)20-36-19-24-11-15-26(31)16-12-24/h4-16,21,27H,3,17-20H2,1-2H3,(H,32,35). The van der Waals surface area contributed by atoms with Gasteiger partial charge in [0.2, 0.25) is 11.8 Å². The summed E-state index contributed by atoms with van der Waals surface area (Å²) in [6, 6.07) is 22.7. The van der Waals surface area contributed by atoms with Gasteiger partial charge in [0.05, 0.1) is 5.75 Å². The Balaban J connectivity index is 1.84. The molecular weight excluding hydrogens is 495 g/mol. The van der Waals surface area contributed by atoms with Crippen molar-refractivity contribution >= 4 is 35.2 Å². The number of carbonyl (C=O) groups excluding carboxylic acids is 2. The molecule has 1 N–H and O–H groups in total. The summed E-state index contributed by atoms with van der Waals surface area (Å²) in [5, 5.41) is 3.68. The van der Waals surface area contributed by atoms with E-state index >= 15 is 0 Å². The van der Waals surface area contributed by atoms with Gasteiger partial charge in [-0.2, -0.15) is 0 Å².